The molecule has 7 nitrogen and oxygen atoms in total. The molecular formula is C23H23N5O2. The Morgan fingerprint density at radius 3 is 2.83 bits per heavy atom. The fourth-order valence-electron chi connectivity index (χ4n) is 4.26. The number of H-pyrrole nitrogens is 1. The summed E-state index contributed by atoms with van der Waals surface area (Å²) in [6, 6.07) is 15.4. The first kappa shape index (κ1) is 18.5. The van der Waals surface area contributed by atoms with Crippen LogP contribution < -0.4 is 5.01 Å². The Bertz CT molecular complexity index is 1130. The molecule has 1 fully saturated rings. The van der Waals surface area contributed by atoms with Crippen molar-refractivity contribution in [3.05, 3.63) is 59.9 Å². The number of amides is 2. The predicted molar refractivity (Wildman–Crippen MR) is 115 cm³/mol. The highest BCUT2D eigenvalue weighted by Gasteiger charge is 2.36. The van der Waals surface area contributed by atoms with E-state index >= 15 is 0 Å². The molecule has 2 aliphatic heterocycles. The summed E-state index contributed by atoms with van der Waals surface area (Å²) in [5.74, 6) is 0.612. The van der Waals surface area contributed by atoms with Gasteiger partial charge in [-0.3, -0.25) is 9.59 Å². The third-order valence-electron chi connectivity index (χ3n) is 5.76. The number of benzene rings is 2. The van der Waals surface area contributed by atoms with Crippen molar-refractivity contribution in [2.45, 2.75) is 38.6 Å². The second-order valence-electron chi connectivity index (χ2n) is 7.89. The first-order valence-corrected chi connectivity index (χ1v) is 10.3. The monoisotopic (exact) mass is 401 g/mol. The van der Waals surface area contributed by atoms with Crippen LogP contribution in [-0.2, 0) is 9.59 Å². The maximum atomic E-state index is 13.4. The summed E-state index contributed by atoms with van der Waals surface area (Å²) >= 11 is 0. The zero-order valence-corrected chi connectivity index (χ0v) is 16.8. The Morgan fingerprint density at radius 2 is 2.00 bits per heavy atom. The second-order valence-corrected chi connectivity index (χ2v) is 7.89. The highest BCUT2D eigenvalue weighted by molar-refractivity contribution is 6.40. The van der Waals surface area contributed by atoms with Gasteiger partial charge in [-0.2, -0.15) is 5.10 Å². The van der Waals surface area contributed by atoms with Crippen LogP contribution in [0.1, 0.15) is 43.1 Å². The highest BCUT2D eigenvalue weighted by Crippen LogP contribution is 2.32. The minimum atomic E-state index is -0.108. The van der Waals surface area contributed by atoms with Crippen molar-refractivity contribution in [2.75, 3.05) is 11.6 Å². The molecule has 1 atom stereocenters. The summed E-state index contributed by atoms with van der Waals surface area (Å²) in [4.78, 5) is 35.7. The van der Waals surface area contributed by atoms with Crippen LogP contribution >= 0.6 is 0 Å². The van der Waals surface area contributed by atoms with E-state index in [2.05, 4.69) is 10.1 Å². The molecule has 1 saturated heterocycles. The Morgan fingerprint density at radius 1 is 1.13 bits per heavy atom. The molecule has 3 aromatic rings. The van der Waals surface area contributed by atoms with Gasteiger partial charge < -0.3 is 9.88 Å². The number of nitrogens with one attached hydrogen (secondary N) is 1. The molecule has 5 rings (SSSR count). The summed E-state index contributed by atoms with van der Waals surface area (Å²) in [5, 5.41) is 5.84. The van der Waals surface area contributed by atoms with E-state index in [-0.39, 0.29) is 24.3 Å². The Kier molecular flexibility index (Phi) is 4.58. The van der Waals surface area contributed by atoms with Gasteiger partial charge in [0.25, 0.3) is 5.91 Å². The van der Waals surface area contributed by atoms with E-state index in [0.717, 1.165) is 35.3 Å². The quantitative estimate of drug-likeness (QED) is 0.726. The number of para-hydroxylation sites is 2. The van der Waals surface area contributed by atoms with Gasteiger partial charge in [-0.25, -0.2) is 9.99 Å². The molecule has 3 heterocycles. The van der Waals surface area contributed by atoms with Crippen molar-refractivity contribution in [1.82, 2.24) is 14.9 Å². The maximum Gasteiger partial charge on any atom is 0.270 e. The van der Waals surface area contributed by atoms with Crippen LogP contribution in [-0.4, -0.2) is 38.9 Å². The molecular weight excluding hydrogens is 378 g/mol. The summed E-state index contributed by atoms with van der Waals surface area (Å²) in [6.45, 7) is 2.63. The lowest BCUT2D eigenvalue weighted by molar-refractivity contribution is -0.125. The number of carbonyl (C=O) groups is 2. The summed E-state index contributed by atoms with van der Waals surface area (Å²) in [6.07, 6.45) is 2.42. The molecule has 152 valence electrons. The smallest absolute Gasteiger partial charge is 0.270 e. The molecule has 2 aliphatic rings. The molecule has 2 amide bonds. The summed E-state index contributed by atoms with van der Waals surface area (Å²) < 4.78 is 0. The molecule has 1 aromatic heterocycles. The average molecular weight is 401 g/mol. The molecule has 0 bridgehead atoms. The Balaban J connectivity index is 1.43. The Labute approximate surface area is 174 Å². The number of hydrogen-bond acceptors (Lipinski definition) is 4. The van der Waals surface area contributed by atoms with Gasteiger partial charge in [0.1, 0.15) is 11.5 Å². The standard InChI is InChI=1S/C23H23N5O2/c1-15-6-4-7-16(14-15)28-21(29)12-11-19(26-28)23(30)27-13-5-10-20(27)22-24-17-8-2-3-9-18(17)25-22/h2-4,6-9,14,20H,5,10-13H2,1H3,(H,24,25). The fraction of sp³-hybridized carbons (Fsp3) is 0.304. The van der Waals surface area contributed by atoms with Crippen LogP contribution in [0.5, 0.6) is 0 Å². The minimum Gasteiger partial charge on any atom is -0.340 e. The van der Waals surface area contributed by atoms with E-state index in [9.17, 15) is 9.59 Å². The SMILES string of the molecule is Cc1cccc(N2N=C(C(=O)N3CCCC3c3nc4ccccc4[nH]3)CCC2=O)c1. The summed E-state index contributed by atoms with van der Waals surface area (Å²) in [5.41, 5.74) is 4.04. The lowest BCUT2D eigenvalue weighted by Crippen LogP contribution is -2.41. The van der Waals surface area contributed by atoms with Crippen LogP contribution in [0, 0.1) is 6.92 Å². The molecule has 0 spiro atoms. The third kappa shape index (κ3) is 3.26. The number of hydrogen-bond donors (Lipinski definition) is 1. The number of nitrogens with zero attached hydrogens (tertiary/aromatic N) is 4. The number of aromatic amines is 1. The molecule has 1 N–H and O–H groups in total. The lowest BCUT2D eigenvalue weighted by Gasteiger charge is -2.28. The number of aromatic nitrogens is 2. The third-order valence-corrected chi connectivity index (χ3v) is 5.76. The first-order valence-electron chi connectivity index (χ1n) is 10.3. The molecule has 7 heteroatoms. The predicted octanol–water partition coefficient (Wildman–Crippen LogP) is 3.72. The molecule has 30 heavy (non-hydrogen) atoms. The number of fused-ring (bicyclic) bond motifs is 1. The highest BCUT2D eigenvalue weighted by atomic mass is 16.2. The van der Waals surface area contributed by atoms with Crippen molar-refractivity contribution in [2.24, 2.45) is 5.10 Å². The number of imidazole rings is 1. The van der Waals surface area contributed by atoms with Crippen molar-refractivity contribution in [1.29, 1.82) is 0 Å². The maximum absolute atomic E-state index is 13.4. The van der Waals surface area contributed by atoms with Crippen LogP contribution in [0.15, 0.2) is 53.6 Å². The number of aryl methyl sites for hydroxylation is 1. The number of hydrazone groups is 1. The minimum absolute atomic E-state index is 0.0904. The summed E-state index contributed by atoms with van der Waals surface area (Å²) in [7, 11) is 0. The van der Waals surface area contributed by atoms with Gasteiger partial charge in [0, 0.05) is 19.4 Å². The van der Waals surface area contributed by atoms with Crippen LogP contribution in [0.3, 0.4) is 0 Å². The number of carbonyl (C=O) groups excluding carboxylic acids is 2. The fourth-order valence-corrected chi connectivity index (χ4v) is 4.26. The molecule has 0 aliphatic carbocycles. The van der Waals surface area contributed by atoms with Crippen molar-refractivity contribution < 1.29 is 9.59 Å². The largest absolute Gasteiger partial charge is 0.340 e. The second kappa shape index (κ2) is 7.40. The lowest BCUT2D eigenvalue weighted by atomic mass is 10.1. The van der Waals surface area contributed by atoms with Crippen molar-refractivity contribution in [3.8, 4) is 0 Å². The van der Waals surface area contributed by atoms with Gasteiger partial charge in [-0.1, -0.05) is 24.3 Å². The van der Waals surface area contributed by atoms with E-state index in [1.165, 1.54) is 5.01 Å². The van der Waals surface area contributed by atoms with E-state index in [1.807, 2.05) is 60.4 Å². The van der Waals surface area contributed by atoms with Gasteiger partial charge in [-0.15, -0.1) is 0 Å². The Hall–Kier alpha value is -3.48. The number of likely N-dealkylation sites (tertiary alicyclic amines) is 1. The van der Waals surface area contributed by atoms with Gasteiger partial charge >= 0.3 is 0 Å². The normalized spacial score (nSPS) is 19.4. The van der Waals surface area contributed by atoms with Gasteiger partial charge in [0.15, 0.2) is 0 Å². The first-order chi connectivity index (χ1) is 14.6. The average Bonchev–Trinajstić information content (AvgIpc) is 3.40. The van der Waals surface area contributed by atoms with Gasteiger partial charge in [0.2, 0.25) is 5.91 Å². The van der Waals surface area contributed by atoms with Gasteiger partial charge in [0.05, 0.1) is 22.8 Å². The van der Waals surface area contributed by atoms with Crippen LogP contribution in [0.25, 0.3) is 11.0 Å². The molecule has 2 aromatic carbocycles. The molecule has 0 saturated carbocycles. The topological polar surface area (TPSA) is 81.7 Å². The zero-order valence-electron chi connectivity index (χ0n) is 16.8. The van der Waals surface area contributed by atoms with Crippen molar-refractivity contribution >= 4 is 34.2 Å². The van der Waals surface area contributed by atoms with Crippen LogP contribution in [0.2, 0.25) is 0 Å². The van der Waals surface area contributed by atoms with Crippen LogP contribution in [0.4, 0.5) is 5.69 Å². The van der Waals surface area contributed by atoms with E-state index in [0.29, 0.717) is 24.4 Å². The van der Waals surface area contributed by atoms with E-state index in [4.69, 9.17) is 4.98 Å². The molecule has 1 unspecified atom stereocenters. The zero-order chi connectivity index (χ0) is 20.7. The van der Waals surface area contributed by atoms with Crippen molar-refractivity contribution in [3.63, 3.8) is 0 Å². The van der Waals surface area contributed by atoms with Gasteiger partial charge in [-0.05, 0) is 49.6 Å². The number of anilines is 1. The number of rotatable bonds is 3. The molecule has 0 radical (unpaired) electrons. The van der Waals surface area contributed by atoms with E-state index in [1.54, 1.807) is 0 Å². The van der Waals surface area contributed by atoms with E-state index < -0.39 is 0 Å².